The molecule has 1 N–H and O–H groups in total. The van der Waals surface area contributed by atoms with Crippen molar-refractivity contribution in [2.75, 3.05) is 7.11 Å². The summed E-state index contributed by atoms with van der Waals surface area (Å²) in [4.78, 5) is 31.2. The lowest BCUT2D eigenvalue weighted by atomic mass is 10.1. The van der Waals surface area contributed by atoms with Crippen molar-refractivity contribution in [3.05, 3.63) is 106 Å². The minimum absolute atomic E-state index is 0.297. The average molecular weight is 448 g/mol. The van der Waals surface area contributed by atoms with Crippen molar-refractivity contribution in [2.24, 2.45) is 0 Å². The van der Waals surface area contributed by atoms with Gasteiger partial charge in [0.15, 0.2) is 6.10 Å². The summed E-state index contributed by atoms with van der Waals surface area (Å²) in [6, 6.07) is 22.9. The maximum atomic E-state index is 13.5. The monoisotopic (exact) mass is 447 g/mol. The van der Waals surface area contributed by atoms with E-state index in [9.17, 15) is 9.59 Å². The fraction of sp³-hybridized carbons (Fsp3) is 0.160. The van der Waals surface area contributed by atoms with Crippen LogP contribution in [0.5, 0.6) is 0 Å². The Balaban J connectivity index is 1.79. The number of rotatable bonds is 6. The van der Waals surface area contributed by atoms with Gasteiger partial charge in [-0.1, -0.05) is 66.2 Å². The molecule has 1 aromatic heterocycles. The maximum Gasteiger partial charge on any atom is 0.267 e. The van der Waals surface area contributed by atoms with Gasteiger partial charge in [-0.25, -0.2) is 4.98 Å². The SMILES string of the molecule is CO[C@H](C(=O)N[C@H](C)c1nc2cccc(Cl)c2c(=O)n1-c1ccccc1)c1ccccc1. The van der Waals surface area contributed by atoms with Crippen LogP contribution in [0.3, 0.4) is 0 Å². The molecule has 4 rings (SSSR count). The molecule has 32 heavy (non-hydrogen) atoms. The number of carbonyl (C=O) groups excluding carboxylic acids is 1. The van der Waals surface area contributed by atoms with E-state index < -0.39 is 12.1 Å². The molecule has 0 saturated heterocycles. The fourth-order valence-electron chi connectivity index (χ4n) is 3.70. The van der Waals surface area contributed by atoms with E-state index in [-0.39, 0.29) is 11.5 Å². The summed E-state index contributed by atoms with van der Waals surface area (Å²) < 4.78 is 6.93. The predicted octanol–water partition coefficient (Wildman–Crippen LogP) is 4.60. The van der Waals surface area contributed by atoms with Gasteiger partial charge in [0.2, 0.25) is 0 Å². The van der Waals surface area contributed by atoms with E-state index >= 15 is 0 Å². The molecule has 162 valence electrons. The van der Waals surface area contributed by atoms with Crippen molar-refractivity contribution >= 4 is 28.4 Å². The predicted molar refractivity (Wildman–Crippen MR) is 125 cm³/mol. The van der Waals surface area contributed by atoms with E-state index in [2.05, 4.69) is 5.32 Å². The Morgan fingerprint density at radius 2 is 1.66 bits per heavy atom. The second-order valence-electron chi connectivity index (χ2n) is 7.34. The van der Waals surface area contributed by atoms with Crippen molar-refractivity contribution < 1.29 is 9.53 Å². The second kappa shape index (κ2) is 9.34. The van der Waals surface area contributed by atoms with Gasteiger partial charge in [-0.3, -0.25) is 14.2 Å². The molecule has 0 spiro atoms. The zero-order valence-corrected chi connectivity index (χ0v) is 18.4. The maximum absolute atomic E-state index is 13.5. The number of amides is 1. The number of halogens is 1. The van der Waals surface area contributed by atoms with Crippen molar-refractivity contribution in [1.82, 2.24) is 14.9 Å². The van der Waals surface area contributed by atoms with Crippen LogP contribution < -0.4 is 10.9 Å². The highest BCUT2D eigenvalue weighted by Gasteiger charge is 2.25. The molecule has 4 aromatic rings. The van der Waals surface area contributed by atoms with E-state index in [0.29, 0.717) is 27.4 Å². The Labute approximate surface area is 190 Å². The molecule has 0 aliphatic carbocycles. The fourth-order valence-corrected chi connectivity index (χ4v) is 3.95. The zero-order valence-electron chi connectivity index (χ0n) is 17.7. The van der Waals surface area contributed by atoms with Gasteiger partial charge in [0.1, 0.15) is 5.82 Å². The van der Waals surface area contributed by atoms with Crippen molar-refractivity contribution in [1.29, 1.82) is 0 Å². The largest absolute Gasteiger partial charge is 0.367 e. The van der Waals surface area contributed by atoms with Crippen LogP contribution in [-0.2, 0) is 9.53 Å². The highest BCUT2D eigenvalue weighted by molar-refractivity contribution is 6.35. The minimum Gasteiger partial charge on any atom is -0.367 e. The van der Waals surface area contributed by atoms with E-state index in [1.807, 2.05) is 60.7 Å². The van der Waals surface area contributed by atoms with Crippen LogP contribution in [0.2, 0.25) is 5.02 Å². The molecule has 0 radical (unpaired) electrons. The van der Waals surface area contributed by atoms with Crippen LogP contribution in [-0.4, -0.2) is 22.6 Å². The number of benzene rings is 3. The molecule has 3 aromatic carbocycles. The van der Waals surface area contributed by atoms with Crippen LogP contribution in [0.15, 0.2) is 83.7 Å². The smallest absolute Gasteiger partial charge is 0.267 e. The third-order valence-corrected chi connectivity index (χ3v) is 5.52. The molecule has 0 aliphatic rings. The van der Waals surface area contributed by atoms with Gasteiger partial charge < -0.3 is 10.1 Å². The number of methoxy groups -OCH3 is 1. The topological polar surface area (TPSA) is 73.2 Å². The molecule has 0 unspecified atom stereocenters. The summed E-state index contributed by atoms with van der Waals surface area (Å²) in [6.45, 7) is 1.78. The van der Waals surface area contributed by atoms with Crippen LogP contribution >= 0.6 is 11.6 Å². The molecule has 6 nitrogen and oxygen atoms in total. The molecule has 0 aliphatic heterocycles. The number of carbonyl (C=O) groups is 1. The van der Waals surface area contributed by atoms with E-state index in [4.69, 9.17) is 21.3 Å². The summed E-state index contributed by atoms with van der Waals surface area (Å²) in [7, 11) is 1.48. The number of fused-ring (bicyclic) bond motifs is 1. The van der Waals surface area contributed by atoms with Crippen LogP contribution in [0.25, 0.3) is 16.6 Å². The molecular formula is C25H22ClN3O3. The van der Waals surface area contributed by atoms with Gasteiger partial charge in [-0.05, 0) is 36.8 Å². The van der Waals surface area contributed by atoms with E-state index in [1.165, 1.54) is 11.7 Å². The first-order valence-corrected chi connectivity index (χ1v) is 10.5. The molecule has 0 fully saturated rings. The standard InChI is InChI=1S/C25H22ClN3O3/c1-16(27-24(30)22(32-2)17-10-5-3-6-11-17)23-28-20-15-9-14-19(26)21(20)25(31)29(23)18-12-7-4-8-13-18/h3-16,22H,1-2H3,(H,27,30)/t16-,22+/m1/s1. The highest BCUT2D eigenvalue weighted by atomic mass is 35.5. The van der Waals surface area contributed by atoms with Gasteiger partial charge in [0, 0.05) is 7.11 Å². The highest BCUT2D eigenvalue weighted by Crippen LogP contribution is 2.24. The van der Waals surface area contributed by atoms with Crippen LogP contribution in [0.1, 0.15) is 30.5 Å². The Morgan fingerprint density at radius 3 is 2.31 bits per heavy atom. The van der Waals surface area contributed by atoms with Crippen LogP contribution in [0.4, 0.5) is 0 Å². The Kier molecular flexibility index (Phi) is 6.35. The van der Waals surface area contributed by atoms with Crippen molar-refractivity contribution in [3.63, 3.8) is 0 Å². The number of nitrogens with zero attached hydrogens (tertiary/aromatic N) is 2. The summed E-state index contributed by atoms with van der Waals surface area (Å²) in [5.41, 5.74) is 1.54. The molecule has 7 heteroatoms. The summed E-state index contributed by atoms with van der Waals surface area (Å²) >= 11 is 6.33. The number of hydrogen-bond acceptors (Lipinski definition) is 4. The second-order valence-corrected chi connectivity index (χ2v) is 7.74. The van der Waals surface area contributed by atoms with Crippen LogP contribution in [0, 0.1) is 0 Å². The molecule has 0 bridgehead atoms. The van der Waals surface area contributed by atoms with Gasteiger partial charge >= 0.3 is 0 Å². The van der Waals surface area contributed by atoms with Gasteiger partial charge in [-0.2, -0.15) is 0 Å². The van der Waals surface area contributed by atoms with Crippen molar-refractivity contribution in [2.45, 2.75) is 19.1 Å². The first-order valence-electron chi connectivity index (χ1n) is 10.2. The normalized spacial score (nSPS) is 13.0. The number of hydrogen-bond donors (Lipinski definition) is 1. The lowest BCUT2D eigenvalue weighted by Gasteiger charge is -2.22. The molecule has 1 amide bonds. The third-order valence-electron chi connectivity index (χ3n) is 5.21. The molecular weight excluding hydrogens is 426 g/mol. The van der Waals surface area contributed by atoms with E-state index in [0.717, 1.165) is 5.56 Å². The van der Waals surface area contributed by atoms with Gasteiger partial charge in [0.05, 0.1) is 27.7 Å². The molecule has 0 saturated carbocycles. The number of nitrogens with one attached hydrogen (secondary N) is 1. The lowest BCUT2D eigenvalue weighted by molar-refractivity contribution is -0.132. The first kappa shape index (κ1) is 21.7. The van der Waals surface area contributed by atoms with E-state index in [1.54, 1.807) is 25.1 Å². The lowest BCUT2D eigenvalue weighted by Crippen LogP contribution is -2.36. The Bertz CT molecular complexity index is 1310. The zero-order chi connectivity index (χ0) is 22.7. The summed E-state index contributed by atoms with van der Waals surface area (Å²) in [5.74, 6) is 0.0680. The summed E-state index contributed by atoms with van der Waals surface area (Å²) in [5, 5.41) is 3.61. The van der Waals surface area contributed by atoms with Gasteiger partial charge in [0.25, 0.3) is 11.5 Å². The molecule has 1 heterocycles. The molecule has 2 atom stereocenters. The average Bonchev–Trinajstić information content (AvgIpc) is 2.80. The first-order chi connectivity index (χ1) is 15.5. The summed E-state index contributed by atoms with van der Waals surface area (Å²) in [6.07, 6.45) is -0.787. The quantitative estimate of drug-likeness (QED) is 0.468. The Morgan fingerprint density at radius 1 is 1.00 bits per heavy atom. The Hall–Kier alpha value is -3.48. The minimum atomic E-state index is -0.787. The van der Waals surface area contributed by atoms with Gasteiger partial charge in [-0.15, -0.1) is 0 Å². The number of para-hydroxylation sites is 1. The number of ether oxygens (including phenoxy) is 1. The third kappa shape index (κ3) is 4.15. The van der Waals surface area contributed by atoms with Crippen molar-refractivity contribution in [3.8, 4) is 5.69 Å². The number of aromatic nitrogens is 2.